The van der Waals surface area contributed by atoms with Crippen LogP contribution in [0.5, 0.6) is 0 Å². The van der Waals surface area contributed by atoms with Crippen LogP contribution in [-0.4, -0.2) is 52.7 Å². The van der Waals surface area contributed by atoms with Crippen molar-refractivity contribution in [2.75, 3.05) is 14.1 Å². The van der Waals surface area contributed by atoms with Crippen LogP contribution >= 0.6 is 11.3 Å². The topological polar surface area (TPSA) is 118 Å². The van der Waals surface area contributed by atoms with E-state index in [0.717, 1.165) is 14.7 Å². The third kappa shape index (κ3) is 3.90. The van der Waals surface area contributed by atoms with Crippen LogP contribution in [0.1, 0.15) is 10.5 Å². The number of nitrogens with one attached hydrogen (secondary N) is 1. The first-order valence-electron chi connectivity index (χ1n) is 7.30. The third-order valence-corrected chi connectivity index (χ3v) is 5.72. The zero-order valence-corrected chi connectivity index (χ0v) is 15.5. The summed E-state index contributed by atoms with van der Waals surface area (Å²) in [5.41, 5.74) is 1.28. The quantitative estimate of drug-likeness (QED) is 0.695. The van der Waals surface area contributed by atoms with E-state index in [0.29, 0.717) is 10.7 Å². The highest BCUT2D eigenvalue weighted by Gasteiger charge is 2.19. The summed E-state index contributed by atoms with van der Waals surface area (Å²) in [5.74, 6) is -0.804. The van der Waals surface area contributed by atoms with Crippen molar-refractivity contribution in [1.82, 2.24) is 29.0 Å². The first-order chi connectivity index (χ1) is 12.4. The molecular formula is C15H14N6O3S2. The predicted octanol–water partition coefficient (Wildman–Crippen LogP) is 1.20. The highest BCUT2D eigenvalue weighted by atomic mass is 32.2. The van der Waals surface area contributed by atoms with Crippen LogP contribution < -0.4 is 4.72 Å². The van der Waals surface area contributed by atoms with E-state index in [-0.39, 0.29) is 5.69 Å². The number of carbonyl (C=O) groups excluding carboxylic acids is 1. The van der Waals surface area contributed by atoms with Crippen LogP contribution in [0, 0.1) is 0 Å². The fourth-order valence-corrected chi connectivity index (χ4v) is 3.28. The molecule has 11 heteroatoms. The Morgan fingerprint density at radius 2 is 1.88 bits per heavy atom. The van der Waals surface area contributed by atoms with Gasteiger partial charge in [-0.25, -0.2) is 24.7 Å². The van der Waals surface area contributed by atoms with E-state index in [4.69, 9.17) is 0 Å². The van der Waals surface area contributed by atoms with Crippen LogP contribution in [0.15, 0.2) is 43.1 Å². The molecule has 0 aliphatic carbocycles. The Labute approximate surface area is 154 Å². The summed E-state index contributed by atoms with van der Waals surface area (Å²) in [5, 5.41) is 0.715. The van der Waals surface area contributed by atoms with Gasteiger partial charge in [0.1, 0.15) is 17.0 Å². The number of carbonyl (C=O) groups is 1. The zero-order valence-electron chi connectivity index (χ0n) is 13.8. The first kappa shape index (κ1) is 18.0. The number of hydrogen-bond acceptors (Lipinski definition) is 8. The Bertz CT molecular complexity index is 1030. The number of rotatable bonds is 5. The minimum Gasteiger partial charge on any atom is -0.266 e. The van der Waals surface area contributed by atoms with Crippen LogP contribution in [0.3, 0.4) is 0 Å². The van der Waals surface area contributed by atoms with E-state index in [1.165, 1.54) is 37.8 Å². The fraction of sp³-hybridized carbons (Fsp3) is 0.133. The number of pyridine rings is 1. The van der Waals surface area contributed by atoms with Gasteiger partial charge in [0.15, 0.2) is 0 Å². The summed E-state index contributed by atoms with van der Waals surface area (Å²) in [4.78, 5) is 29.4. The second-order valence-corrected chi connectivity index (χ2v) is 8.20. The van der Waals surface area contributed by atoms with Crippen molar-refractivity contribution in [2.24, 2.45) is 0 Å². The maximum atomic E-state index is 12.2. The van der Waals surface area contributed by atoms with Gasteiger partial charge in [0, 0.05) is 38.2 Å². The van der Waals surface area contributed by atoms with Crippen LogP contribution in [0.25, 0.3) is 21.1 Å². The summed E-state index contributed by atoms with van der Waals surface area (Å²) < 4.78 is 26.4. The van der Waals surface area contributed by atoms with Gasteiger partial charge in [-0.3, -0.25) is 4.79 Å². The number of thiazole rings is 1. The smallest absolute Gasteiger partial charge is 0.266 e. The second-order valence-electron chi connectivity index (χ2n) is 5.28. The summed E-state index contributed by atoms with van der Waals surface area (Å²) in [6.45, 7) is 0. The number of hydrogen-bond donors (Lipinski definition) is 1. The van der Waals surface area contributed by atoms with Gasteiger partial charge in [-0.1, -0.05) is 6.07 Å². The van der Waals surface area contributed by atoms with Gasteiger partial charge in [-0.2, -0.15) is 12.7 Å². The molecule has 0 aliphatic heterocycles. The molecule has 1 N–H and O–H groups in total. The predicted molar refractivity (Wildman–Crippen MR) is 96.4 cm³/mol. The van der Waals surface area contributed by atoms with E-state index in [1.54, 1.807) is 30.7 Å². The normalized spacial score (nSPS) is 11.5. The van der Waals surface area contributed by atoms with E-state index in [2.05, 4.69) is 19.9 Å². The minimum atomic E-state index is -3.88. The highest BCUT2D eigenvalue weighted by Crippen LogP contribution is 2.30. The largest absolute Gasteiger partial charge is 0.303 e. The molecule has 0 unspecified atom stereocenters. The number of amides is 1. The van der Waals surface area contributed by atoms with E-state index >= 15 is 0 Å². The van der Waals surface area contributed by atoms with Gasteiger partial charge in [0.25, 0.3) is 5.91 Å². The van der Waals surface area contributed by atoms with Gasteiger partial charge in [-0.15, -0.1) is 11.3 Å². The summed E-state index contributed by atoms with van der Waals surface area (Å²) >= 11 is 1.37. The molecule has 3 aromatic rings. The molecule has 3 aromatic heterocycles. The van der Waals surface area contributed by atoms with Crippen molar-refractivity contribution in [1.29, 1.82) is 0 Å². The lowest BCUT2D eigenvalue weighted by atomic mass is 10.3. The van der Waals surface area contributed by atoms with Crippen molar-refractivity contribution in [2.45, 2.75) is 0 Å². The molecule has 0 saturated heterocycles. The molecule has 0 fully saturated rings. The molecule has 3 heterocycles. The van der Waals surface area contributed by atoms with Crippen molar-refractivity contribution >= 4 is 27.5 Å². The highest BCUT2D eigenvalue weighted by molar-refractivity contribution is 7.87. The third-order valence-electron chi connectivity index (χ3n) is 3.25. The second kappa shape index (κ2) is 7.23. The number of aromatic nitrogens is 4. The lowest BCUT2D eigenvalue weighted by molar-refractivity contribution is 0.0975. The monoisotopic (exact) mass is 390 g/mol. The minimum absolute atomic E-state index is 0.00841. The van der Waals surface area contributed by atoms with E-state index in [9.17, 15) is 13.2 Å². The van der Waals surface area contributed by atoms with Gasteiger partial charge in [0.05, 0.1) is 10.6 Å². The molecule has 134 valence electrons. The Kier molecular flexibility index (Phi) is 5.02. The summed E-state index contributed by atoms with van der Waals surface area (Å²) in [6.07, 6.45) is 6.37. The van der Waals surface area contributed by atoms with Crippen LogP contribution in [0.4, 0.5) is 0 Å². The average Bonchev–Trinajstić information content (AvgIpc) is 3.12. The van der Waals surface area contributed by atoms with Crippen LogP contribution in [-0.2, 0) is 10.2 Å². The molecule has 0 bridgehead atoms. The maximum Gasteiger partial charge on any atom is 0.303 e. The van der Waals surface area contributed by atoms with Gasteiger partial charge < -0.3 is 0 Å². The Balaban J connectivity index is 1.86. The molecule has 0 radical (unpaired) electrons. The summed E-state index contributed by atoms with van der Waals surface area (Å²) in [6, 6.07) is 4.79. The van der Waals surface area contributed by atoms with Gasteiger partial charge >= 0.3 is 10.2 Å². The standard InChI is InChI=1S/C15H14N6O3S2/c1-21(2)26(23,24)20-14(22)12-5-3-4-11(19-12)13-8-18-15(25-13)10-6-16-9-17-7-10/h3-9H,1-2H3,(H,20,22). The van der Waals surface area contributed by atoms with Crippen molar-refractivity contribution in [3.8, 4) is 21.1 Å². The van der Waals surface area contributed by atoms with Crippen LogP contribution in [0.2, 0.25) is 0 Å². The van der Waals surface area contributed by atoms with Crippen molar-refractivity contribution < 1.29 is 13.2 Å². The Morgan fingerprint density at radius 1 is 1.15 bits per heavy atom. The molecular weight excluding hydrogens is 376 g/mol. The number of nitrogens with zero attached hydrogens (tertiary/aromatic N) is 5. The molecule has 9 nitrogen and oxygen atoms in total. The average molecular weight is 390 g/mol. The van der Waals surface area contributed by atoms with Crippen molar-refractivity contribution in [3.05, 3.63) is 48.8 Å². The molecule has 26 heavy (non-hydrogen) atoms. The van der Waals surface area contributed by atoms with E-state index in [1.807, 2.05) is 4.72 Å². The fourth-order valence-electron chi connectivity index (χ4n) is 1.89. The molecule has 1 amide bonds. The lowest BCUT2D eigenvalue weighted by Crippen LogP contribution is -2.39. The van der Waals surface area contributed by atoms with Crippen molar-refractivity contribution in [3.63, 3.8) is 0 Å². The van der Waals surface area contributed by atoms with Gasteiger partial charge in [-0.05, 0) is 12.1 Å². The SMILES string of the molecule is CN(C)S(=O)(=O)NC(=O)c1cccc(-c2cnc(-c3cncnc3)s2)n1. The van der Waals surface area contributed by atoms with Gasteiger partial charge in [0.2, 0.25) is 0 Å². The molecule has 0 spiro atoms. The summed E-state index contributed by atoms with van der Waals surface area (Å²) in [7, 11) is -1.23. The molecule has 0 aromatic carbocycles. The van der Waals surface area contributed by atoms with E-state index < -0.39 is 16.1 Å². The molecule has 0 saturated carbocycles. The lowest BCUT2D eigenvalue weighted by Gasteiger charge is -2.12. The zero-order chi connectivity index (χ0) is 18.7. The first-order valence-corrected chi connectivity index (χ1v) is 9.56. The Morgan fingerprint density at radius 3 is 2.58 bits per heavy atom. The molecule has 0 aliphatic rings. The molecule has 3 rings (SSSR count). The Hall–Kier alpha value is -2.76. The maximum absolute atomic E-state index is 12.2. The molecule has 0 atom stereocenters.